The summed E-state index contributed by atoms with van der Waals surface area (Å²) in [5.41, 5.74) is 1.71. The SMILES string of the molecule is O=C([O-])COc1ccc(/C=C/C(=O)NCc2cccnc2)cc1. The number of ether oxygens (including phenoxy) is 1. The zero-order chi connectivity index (χ0) is 16.5. The summed E-state index contributed by atoms with van der Waals surface area (Å²) in [6.45, 7) is -0.0844. The lowest BCUT2D eigenvalue weighted by molar-refractivity contribution is -0.307. The molecule has 0 fully saturated rings. The van der Waals surface area contributed by atoms with Crippen molar-refractivity contribution in [3.63, 3.8) is 0 Å². The molecule has 0 spiro atoms. The Labute approximate surface area is 133 Å². The van der Waals surface area contributed by atoms with E-state index in [1.807, 2.05) is 6.07 Å². The second kappa shape index (κ2) is 8.33. The second-order valence-electron chi connectivity index (χ2n) is 4.64. The van der Waals surface area contributed by atoms with Crippen molar-refractivity contribution in [2.45, 2.75) is 6.54 Å². The summed E-state index contributed by atoms with van der Waals surface area (Å²) in [7, 11) is 0. The van der Waals surface area contributed by atoms with E-state index in [1.165, 1.54) is 6.08 Å². The molecule has 2 rings (SSSR count). The monoisotopic (exact) mass is 311 g/mol. The van der Waals surface area contributed by atoms with Gasteiger partial charge in [0.2, 0.25) is 5.91 Å². The van der Waals surface area contributed by atoms with Gasteiger partial charge in [-0.25, -0.2) is 0 Å². The van der Waals surface area contributed by atoms with Gasteiger partial charge in [0.15, 0.2) is 0 Å². The molecule has 23 heavy (non-hydrogen) atoms. The van der Waals surface area contributed by atoms with Gasteiger partial charge in [0.25, 0.3) is 0 Å². The molecule has 0 unspecified atom stereocenters. The third-order valence-electron chi connectivity index (χ3n) is 2.85. The normalized spacial score (nSPS) is 10.4. The second-order valence-corrected chi connectivity index (χ2v) is 4.64. The first-order valence-electron chi connectivity index (χ1n) is 6.91. The van der Waals surface area contributed by atoms with Crippen molar-refractivity contribution in [3.8, 4) is 5.75 Å². The molecule has 1 aromatic heterocycles. The minimum atomic E-state index is -1.28. The number of benzene rings is 1. The highest BCUT2D eigenvalue weighted by molar-refractivity contribution is 5.91. The molecule has 1 aromatic carbocycles. The molecule has 2 aromatic rings. The predicted molar refractivity (Wildman–Crippen MR) is 82.1 cm³/mol. The van der Waals surface area contributed by atoms with E-state index >= 15 is 0 Å². The standard InChI is InChI=1S/C17H16N2O4/c20-16(19-11-14-2-1-9-18-10-14)8-5-13-3-6-15(7-4-13)23-12-17(21)22/h1-10H,11-12H2,(H,19,20)(H,21,22)/p-1/b8-5+. The van der Waals surface area contributed by atoms with Crippen molar-refractivity contribution in [2.24, 2.45) is 0 Å². The molecule has 0 aliphatic carbocycles. The van der Waals surface area contributed by atoms with Crippen LogP contribution in [-0.4, -0.2) is 23.5 Å². The molecule has 1 N–H and O–H groups in total. The number of carbonyl (C=O) groups is 2. The zero-order valence-electron chi connectivity index (χ0n) is 12.3. The van der Waals surface area contributed by atoms with Gasteiger partial charge in [-0.1, -0.05) is 18.2 Å². The van der Waals surface area contributed by atoms with Crippen LogP contribution in [0, 0.1) is 0 Å². The van der Waals surface area contributed by atoms with E-state index in [1.54, 1.807) is 48.8 Å². The minimum absolute atomic E-state index is 0.217. The highest BCUT2D eigenvalue weighted by atomic mass is 16.5. The maximum atomic E-state index is 11.7. The minimum Gasteiger partial charge on any atom is -0.546 e. The fourth-order valence-electron chi connectivity index (χ4n) is 1.74. The maximum absolute atomic E-state index is 11.7. The highest BCUT2D eigenvalue weighted by Crippen LogP contribution is 2.13. The van der Waals surface area contributed by atoms with Crippen molar-refractivity contribution in [2.75, 3.05) is 6.61 Å². The van der Waals surface area contributed by atoms with E-state index in [9.17, 15) is 14.7 Å². The molecule has 0 radical (unpaired) electrons. The largest absolute Gasteiger partial charge is 0.546 e. The number of carboxylic acids is 1. The maximum Gasteiger partial charge on any atom is 0.244 e. The zero-order valence-corrected chi connectivity index (χ0v) is 12.3. The van der Waals surface area contributed by atoms with Crippen LogP contribution in [0.3, 0.4) is 0 Å². The van der Waals surface area contributed by atoms with Gasteiger partial charge in [0.05, 0.1) is 5.97 Å². The summed E-state index contributed by atoms with van der Waals surface area (Å²) < 4.78 is 4.96. The van der Waals surface area contributed by atoms with Crippen LogP contribution in [0.5, 0.6) is 5.75 Å². The van der Waals surface area contributed by atoms with Crippen molar-refractivity contribution in [3.05, 3.63) is 66.0 Å². The Hall–Kier alpha value is -3.15. The molecule has 118 valence electrons. The van der Waals surface area contributed by atoms with E-state index in [-0.39, 0.29) is 5.91 Å². The van der Waals surface area contributed by atoms with Crippen molar-refractivity contribution < 1.29 is 19.4 Å². The number of carbonyl (C=O) groups excluding carboxylic acids is 2. The summed E-state index contributed by atoms with van der Waals surface area (Å²) in [5, 5.41) is 13.0. The molecule has 1 amide bonds. The summed E-state index contributed by atoms with van der Waals surface area (Å²) in [6, 6.07) is 10.4. The van der Waals surface area contributed by atoms with Crippen LogP contribution < -0.4 is 15.2 Å². The Morgan fingerprint density at radius 2 is 2.00 bits per heavy atom. The van der Waals surface area contributed by atoms with Crippen LogP contribution in [0.1, 0.15) is 11.1 Å². The lowest BCUT2D eigenvalue weighted by atomic mass is 10.2. The number of carboxylic acid groups (broad SMARTS) is 1. The number of pyridine rings is 1. The van der Waals surface area contributed by atoms with Crippen molar-refractivity contribution >= 4 is 18.0 Å². The summed E-state index contributed by atoms with van der Waals surface area (Å²) in [5.74, 6) is -1.07. The van der Waals surface area contributed by atoms with Crippen LogP contribution in [-0.2, 0) is 16.1 Å². The van der Waals surface area contributed by atoms with Crippen LogP contribution in [0.2, 0.25) is 0 Å². The summed E-state index contributed by atoms with van der Waals surface area (Å²) in [6.07, 6.45) is 6.44. The van der Waals surface area contributed by atoms with Gasteiger partial charge in [0, 0.05) is 25.0 Å². The number of amides is 1. The smallest absolute Gasteiger partial charge is 0.244 e. The topological polar surface area (TPSA) is 91.4 Å². The predicted octanol–water partition coefficient (Wildman–Crippen LogP) is 0.540. The lowest BCUT2D eigenvalue weighted by Gasteiger charge is -2.06. The van der Waals surface area contributed by atoms with Crippen molar-refractivity contribution in [1.29, 1.82) is 0 Å². The summed E-state index contributed by atoms with van der Waals surface area (Å²) in [4.78, 5) is 26.0. The number of aliphatic carboxylic acids is 1. The Morgan fingerprint density at radius 3 is 2.65 bits per heavy atom. The van der Waals surface area contributed by atoms with Crippen LogP contribution in [0.25, 0.3) is 6.08 Å². The number of aromatic nitrogens is 1. The molecule has 0 saturated carbocycles. The van der Waals surface area contributed by atoms with Gasteiger partial charge in [0.1, 0.15) is 12.4 Å². The van der Waals surface area contributed by atoms with Gasteiger partial charge < -0.3 is 20.0 Å². The van der Waals surface area contributed by atoms with Gasteiger partial charge in [-0.2, -0.15) is 0 Å². The van der Waals surface area contributed by atoms with Gasteiger partial charge >= 0.3 is 0 Å². The van der Waals surface area contributed by atoms with E-state index in [4.69, 9.17) is 4.74 Å². The number of hydrogen-bond donors (Lipinski definition) is 1. The lowest BCUT2D eigenvalue weighted by Crippen LogP contribution is -2.28. The fraction of sp³-hybridized carbons (Fsp3) is 0.118. The quantitative estimate of drug-likeness (QED) is 0.754. The molecule has 6 nitrogen and oxygen atoms in total. The van der Waals surface area contributed by atoms with E-state index in [0.29, 0.717) is 12.3 Å². The average molecular weight is 311 g/mol. The molecule has 0 atom stereocenters. The fourth-order valence-corrected chi connectivity index (χ4v) is 1.74. The number of hydrogen-bond acceptors (Lipinski definition) is 5. The van der Waals surface area contributed by atoms with Crippen LogP contribution in [0.15, 0.2) is 54.9 Å². The first-order chi connectivity index (χ1) is 11.1. The van der Waals surface area contributed by atoms with E-state index < -0.39 is 12.6 Å². The molecular weight excluding hydrogens is 296 g/mol. The average Bonchev–Trinajstić information content (AvgIpc) is 2.58. The Morgan fingerprint density at radius 1 is 1.22 bits per heavy atom. The summed E-state index contributed by atoms with van der Waals surface area (Å²) >= 11 is 0. The van der Waals surface area contributed by atoms with Crippen molar-refractivity contribution in [1.82, 2.24) is 10.3 Å². The first-order valence-corrected chi connectivity index (χ1v) is 6.91. The molecule has 0 aliphatic heterocycles. The molecule has 1 heterocycles. The Kier molecular flexibility index (Phi) is 5.88. The highest BCUT2D eigenvalue weighted by Gasteiger charge is 1.97. The first kappa shape index (κ1) is 16.2. The number of rotatable bonds is 7. The Balaban J connectivity index is 1.82. The third-order valence-corrected chi connectivity index (χ3v) is 2.85. The van der Waals surface area contributed by atoms with Gasteiger partial charge in [-0.05, 0) is 35.4 Å². The van der Waals surface area contributed by atoms with Gasteiger partial charge in [-0.15, -0.1) is 0 Å². The molecular formula is C17H15N2O4-. The molecule has 0 saturated heterocycles. The number of nitrogens with one attached hydrogen (secondary N) is 1. The molecule has 6 heteroatoms. The number of nitrogens with zero attached hydrogens (tertiary/aromatic N) is 1. The van der Waals surface area contributed by atoms with E-state index in [2.05, 4.69) is 10.3 Å². The van der Waals surface area contributed by atoms with Gasteiger partial charge in [-0.3, -0.25) is 9.78 Å². The Bertz CT molecular complexity index is 681. The van der Waals surface area contributed by atoms with Crippen LogP contribution in [0.4, 0.5) is 0 Å². The van der Waals surface area contributed by atoms with Crippen LogP contribution >= 0.6 is 0 Å². The molecule has 0 bridgehead atoms. The third kappa shape index (κ3) is 6.01. The van der Waals surface area contributed by atoms with E-state index in [0.717, 1.165) is 11.1 Å². The molecule has 0 aliphatic rings.